The third kappa shape index (κ3) is 4.40. The molecular formula is C15H15ClFNO2. The smallest absolute Gasteiger partial charge is 0.141 e. The van der Waals surface area contributed by atoms with Crippen molar-refractivity contribution in [3.63, 3.8) is 0 Å². The van der Waals surface area contributed by atoms with Crippen LogP contribution in [-0.2, 0) is 0 Å². The first-order valence-electron chi connectivity index (χ1n) is 6.20. The Morgan fingerprint density at radius 1 is 1.20 bits per heavy atom. The summed E-state index contributed by atoms with van der Waals surface area (Å²) < 4.78 is 18.4. The molecule has 0 radical (unpaired) electrons. The van der Waals surface area contributed by atoms with Crippen LogP contribution in [0.1, 0.15) is 0 Å². The van der Waals surface area contributed by atoms with Gasteiger partial charge in [-0.1, -0.05) is 29.8 Å². The van der Waals surface area contributed by atoms with E-state index < -0.39 is 11.9 Å². The second kappa shape index (κ2) is 7.12. The highest BCUT2D eigenvalue weighted by Gasteiger charge is 2.06. The van der Waals surface area contributed by atoms with Gasteiger partial charge in [0, 0.05) is 12.2 Å². The van der Waals surface area contributed by atoms with Gasteiger partial charge in [-0.05, 0) is 30.3 Å². The highest BCUT2D eigenvalue weighted by molar-refractivity contribution is 6.31. The van der Waals surface area contributed by atoms with Crippen LogP contribution in [0.5, 0.6) is 5.75 Å². The summed E-state index contributed by atoms with van der Waals surface area (Å²) in [7, 11) is 0. The molecule has 1 atom stereocenters. The lowest BCUT2D eigenvalue weighted by molar-refractivity contribution is 0.117. The van der Waals surface area contributed by atoms with Gasteiger partial charge in [0.25, 0.3) is 0 Å². The zero-order valence-corrected chi connectivity index (χ0v) is 11.5. The number of para-hydroxylation sites is 1. The lowest BCUT2D eigenvalue weighted by atomic mass is 10.3. The Morgan fingerprint density at radius 2 is 1.95 bits per heavy atom. The van der Waals surface area contributed by atoms with Gasteiger partial charge in [-0.25, -0.2) is 4.39 Å². The fourth-order valence-corrected chi connectivity index (χ4v) is 1.79. The molecule has 5 heteroatoms. The summed E-state index contributed by atoms with van der Waals surface area (Å²) in [4.78, 5) is 0. The average Bonchev–Trinajstić information content (AvgIpc) is 2.47. The Labute approximate surface area is 122 Å². The summed E-state index contributed by atoms with van der Waals surface area (Å²) in [6.07, 6.45) is -0.681. The summed E-state index contributed by atoms with van der Waals surface area (Å²) in [5.74, 6) is 0.238. The zero-order valence-electron chi connectivity index (χ0n) is 10.7. The molecule has 3 nitrogen and oxygen atoms in total. The maximum atomic E-state index is 13.0. The van der Waals surface area contributed by atoms with Crippen molar-refractivity contribution in [2.45, 2.75) is 6.10 Å². The van der Waals surface area contributed by atoms with Gasteiger partial charge in [-0.2, -0.15) is 0 Å². The Kier molecular flexibility index (Phi) is 5.21. The van der Waals surface area contributed by atoms with Crippen molar-refractivity contribution in [2.24, 2.45) is 0 Å². The van der Waals surface area contributed by atoms with Crippen LogP contribution in [0.3, 0.4) is 0 Å². The first-order valence-corrected chi connectivity index (χ1v) is 6.58. The number of hydrogen-bond donors (Lipinski definition) is 2. The fraction of sp³-hybridized carbons (Fsp3) is 0.200. The molecule has 0 spiro atoms. The Morgan fingerprint density at radius 3 is 2.65 bits per heavy atom. The number of nitrogens with one attached hydrogen (secondary N) is 1. The number of ether oxygens (including phenoxy) is 1. The first-order chi connectivity index (χ1) is 9.65. The number of aliphatic hydroxyl groups is 1. The largest absolute Gasteiger partial charge is 0.491 e. The molecule has 0 bridgehead atoms. The van der Waals surface area contributed by atoms with Gasteiger partial charge in [-0.15, -0.1) is 0 Å². The molecule has 0 fully saturated rings. The van der Waals surface area contributed by atoms with Gasteiger partial charge in [0.05, 0.1) is 5.02 Å². The van der Waals surface area contributed by atoms with E-state index in [1.807, 2.05) is 30.3 Å². The molecule has 0 aliphatic rings. The lowest BCUT2D eigenvalue weighted by Gasteiger charge is -2.14. The van der Waals surface area contributed by atoms with Crippen LogP contribution in [0.4, 0.5) is 10.1 Å². The molecular weight excluding hydrogens is 281 g/mol. The molecule has 0 saturated carbocycles. The van der Waals surface area contributed by atoms with Crippen molar-refractivity contribution in [1.29, 1.82) is 0 Å². The van der Waals surface area contributed by atoms with Gasteiger partial charge in [-0.3, -0.25) is 0 Å². The molecule has 2 rings (SSSR count). The number of rotatable bonds is 6. The number of hydrogen-bond acceptors (Lipinski definition) is 3. The molecule has 0 saturated heterocycles. The monoisotopic (exact) mass is 295 g/mol. The van der Waals surface area contributed by atoms with Crippen molar-refractivity contribution in [1.82, 2.24) is 0 Å². The highest BCUT2D eigenvalue weighted by atomic mass is 35.5. The van der Waals surface area contributed by atoms with E-state index >= 15 is 0 Å². The van der Waals surface area contributed by atoms with Crippen LogP contribution in [0, 0.1) is 5.82 Å². The topological polar surface area (TPSA) is 41.5 Å². The third-order valence-corrected chi connectivity index (χ3v) is 2.94. The lowest BCUT2D eigenvalue weighted by Crippen LogP contribution is -2.26. The van der Waals surface area contributed by atoms with Crippen molar-refractivity contribution < 1.29 is 14.2 Å². The van der Waals surface area contributed by atoms with E-state index in [-0.39, 0.29) is 18.2 Å². The standard InChI is InChI=1S/C15H15ClFNO2/c16-14-8-11(6-7-15(14)17)18-9-12(19)10-20-13-4-2-1-3-5-13/h1-8,12,18-19H,9-10H2. The van der Waals surface area contributed by atoms with E-state index in [0.29, 0.717) is 11.4 Å². The molecule has 2 aromatic carbocycles. The molecule has 2 aromatic rings. The molecule has 0 aliphatic carbocycles. The van der Waals surface area contributed by atoms with Crippen molar-refractivity contribution in [3.05, 3.63) is 59.4 Å². The van der Waals surface area contributed by atoms with E-state index in [9.17, 15) is 9.50 Å². The SMILES string of the molecule is OC(CNc1ccc(F)c(Cl)c1)COc1ccccc1. The Bertz CT molecular complexity index is 551. The summed E-state index contributed by atoms with van der Waals surface area (Å²) in [6, 6.07) is 13.6. The summed E-state index contributed by atoms with van der Waals surface area (Å²) >= 11 is 5.67. The zero-order chi connectivity index (χ0) is 14.4. The van der Waals surface area contributed by atoms with Crippen LogP contribution in [0.25, 0.3) is 0 Å². The van der Waals surface area contributed by atoms with Crippen LogP contribution in [0.15, 0.2) is 48.5 Å². The third-order valence-electron chi connectivity index (χ3n) is 2.65. The van der Waals surface area contributed by atoms with Crippen molar-refractivity contribution in [3.8, 4) is 5.75 Å². The predicted molar refractivity (Wildman–Crippen MR) is 77.8 cm³/mol. The molecule has 106 valence electrons. The number of anilines is 1. The number of halogens is 2. The van der Waals surface area contributed by atoms with Crippen LogP contribution < -0.4 is 10.1 Å². The second-order valence-electron chi connectivity index (χ2n) is 4.29. The second-order valence-corrected chi connectivity index (χ2v) is 4.69. The fourth-order valence-electron chi connectivity index (χ4n) is 1.61. The van der Waals surface area contributed by atoms with Crippen LogP contribution in [0.2, 0.25) is 5.02 Å². The molecule has 0 amide bonds. The minimum atomic E-state index is -0.681. The molecule has 1 unspecified atom stereocenters. The van der Waals surface area contributed by atoms with E-state index in [0.717, 1.165) is 0 Å². The minimum Gasteiger partial charge on any atom is -0.491 e. The number of aliphatic hydroxyl groups excluding tert-OH is 1. The summed E-state index contributed by atoms with van der Waals surface area (Å²) in [6.45, 7) is 0.459. The Balaban J connectivity index is 1.77. The molecule has 0 aromatic heterocycles. The van der Waals surface area contributed by atoms with E-state index in [1.54, 1.807) is 6.07 Å². The molecule has 0 aliphatic heterocycles. The summed E-state index contributed by atoms with van der Waals surface area (Å²) in [5, 5.41) is 12.8. The minimum absolute atomic E-state index is 0.0463. The van der Waals surface area contributed by atoms with E-state index in [1.165, 1.54) is 12.1 Å². The summed E-state index contributed by atoms with van der Waals surface area (Å²) in [5.41, 5.74) is 0.648. The first kappa shape index (κ1) is 14.6. The van der Waals surface area contributed by atoms with E-state index in [2.05, 4.69) is 5.32 Å². The van der Waals surface area contributed by atoms with Crippen molar-refractivity contribution in [2.75, 3.05) is 18.5 Å². The number of benzene rings is 2. The van der Waals surface area contributed by atoms with Crippen LogP contribution in [-0.4, -0.2) is 24.4 Å². The van der Waals surface area contributed by atoms with E-state index in [4.69, 9.17) is 16.3 Å². The molecule has 0 heterocycles. The van der Waals surface area contributed by atoms with Gasteiger partial charge >= 0.3 is 0 Å². The predicted octanol–water partition coefficient (Wildman–Crippen LogP) is 3.33. The normalized spacial score (nSPS) is 11.9. The molecule has 2 N–H and O–H groups in total. The Hall–Kier alpha value is -1.78. The maximum Gasteiger partial charge on any atom is 0.141 e. The van der Waals surface area contributed by atoms with Gasteiger partial charge in [0.2, 0.25) is 0 Å². The maximum absolute atomic E-state index is 13.0. The van der Waals surface area contributed by atoms with Gasteiger partial charge in [0.15, 0.2) is 0 Å². The highest BCUT2D eigenvalue weighted by Crippen LogP contribution is 2.19. The average molecular weight is 296 g/mol. The quantitative estimate of drug-likeness (QED) is 0.859. The van der Waals surface area contributed by atoms with Crippen molar-refractivity contribution >= 4 is 17.3 Å². The van der Waals surface area contributed by atoms with Gasteiger partial charge in [0.1, 0.15) is 24.3 Å². The van der Waals surface area contributed by atoms with Crippen LogP contribution >= 0.6 is 11.6 Å². The van der Waals surface area contributed by atoms with Gasteiger partial charge < -0.3 is 15.2 Å². The molecule has 20 heavy (non-hydrogen) atoms.